The SMILES string of the molecule is CC1OCCC1(O)CNC(=O)c1cc(F)ccc1[N+](=O)[O-]. The second-order valence-corrected chi connectivity index (χ2v) is 4.97. The standard InChI is InChI=1S/C13H15FN2O5/c1-8-13(18,4-5-21-8)7-15-12(17)10-6-9(14)2-3-11(10)16(19)20/h2-3,6,8,18H,4-5,7H2,1H3,(H,15,17). The number of nitrogens with one attached hydrogen (secondary N) is 1. The fourth-order valence-corrected chi connectivity index (χ4v) is 2.18. The molecule has 2 N–H and O–H groups in total. The van der Waals surface area contributed by atoms with Crippen LogP contribution >= 0.6 is 0 Å². The van der Waals surface area contributed by atoms with Gasteiger partial charge in [0.05, 0.1) is 11.0 Å². The Balaban J connectivity index is 2.14. The molecule has 1 amide bonds. The largest absolute Gasteiger partial charge is 0.385 e. The third-order valence-electron chi connectivity index (χ3n) is 3.61. The topological polar surface area (TPSA) is 102 Å². The predicted molar refractivity (Wildman–Crippen MR) is 70.4 cm³/mol. The molecule has 8 heteroatoms. The Hall–Kier alpha value is -2.06. The Morgan fingerprint density at radius 3 is 2.95 bits per heavy atom. The maximum absolute atomic E-state index is 13.2. The number of benzene rings is 1. The van der Waals surface area contributed by atoms with E-state index in [1.807, 2.05) is 0 Å². The fourth-order valence-electron chi connectivity index (χ4n) is 2.18. The van der Waals surface area contributed by atoms with Crippen LogP contribution in [0.3, 0.4) is 0 Å². The van der Waals surface area contributed by atoms with Gasteiger partial charge in [-0.15, -0.1) is 0 Å². The summed E-state index contributed by atoms with van der Waals surface area (Å²) >= 11 is 0. The zero-order chi connectivity index (χ0) is 15.6. The molecule has 1 saturated heterocycles. The average Bonchev–Trinajstić information content (AvgIpc) is 2.76. The molecule has 21 heavy (non-hydrogen) atoms. The molecule has 1 aromatic rings. The van der Waals surface area contributed by atoms with Gasteiger partial charge in [0.15, 0.2) is 0 Å². The molecular formula is C13H15FN2O5. The molecular weight excluding hydrogens is 283 g/mol. The van der Waals surface area contributed by atoms with Crippen LogP contribution in [-0.2, 0) is 4.74 Å². The third-order valence-corrected chi connectivity index (χ3v) is 3.61. The smallest absolute Gasteiger partial charge is 0.282 e. The molecule has 0 bridgehead atoms. The van der Waals surface area contributed by atoms with Crippen LogP contribution in [-0.4, -0.2) is 40.8 Å². The number of amides is 1. The summed E-state index contributed by atoms with van der Waals surface area (Å²) in [6.07, 6.45) is -0.111. The van der Waals surface area contributed by atoms with Crippen LogP contribution in [0.2, 0.25) is 0 Å². The van der Waals surface area contributed by atoms with Gasteiger partial charge >= 0.3 is 0 Å². The molecule has 2 atom stereocenters. The number of hydrogen-bond acceptors (Lipinski definition) is 5. The Labute approximate surface area is 119 Å². The molecule has 1 aliphatic heterocycles. The van der Waals surface area contributed by atoms with Crippen LogP contribution in [0, 0.1) is 15.9 Å². The van der Waals surface area contributed by atoms with Crippen molar-refractivity contribution in [3.63, 3.8) is 0 Å². The first-order chi connectivity index (χ1) is 9.83. The van der Waals surface area contributed by atoms with Crippen molar-refractivity contribution >= 4 is 11.6 Å². The zero-order valence-electron chi connectivity index (χ0n) is 11.3. The number of rotatable bonds is 4. The molecule has 1 heterocycles. The lowest BCUT2D eigenvalue weighted by Crippen LogP contribution is -2.47. The van der Waals surface area contributed by atoms with Crippen LogP contribution in [0.25, 0.3) is 0 Å². The van der Waals surface area contributed by atoms with Crippen LogP contribution in [0.5, 0.6) is 0 Å². The molecule has 0 radical (unpaired) electrons. The van der Waals surface area contributed by atoms with Crippen molar-refractivity contribution in [2.24, 2.45) is 0 Å². The number of hydrogen-bond donors (Lipinski definition) is 2. The van der Waals surface area contributed by atoms with Crippen LogP contribution < -0.4 is 5.32 Å². The average molecular weight is 298 g/mol. The van der Waals surface area contributed by atoms with E-state index >= 15 is 0 Å². The van der Waals surface area contributed by atoms with Gasteiger partial charge in [-0.1, -0.05) is 0 Å². The summed E-state index contributed by atoms with van der Waals surface area (Å²) in [5.41, 5.74) is -2.09. The number of aliphatic hydroxyl groups is 1. The first-order valence-electron chi connectivity index (χ1n) is 6.39. The van der Waals surface area contributed by atoms with E-state index in [4.69, 9.17) is 4.74 Å². The van der Waals surface area contributed by atoms with Gasteiger partial charge in [-0.25, -0.2) is 4.39 Å². The molecule has 1 fully saturated rings. The molecule has 1 aliphatic rings. The second-order valence-electron chi connectivity index (χ2n) is 4.97. The number of halogens is 1. The summed E-state index contributed by atoms with van der Waals surface area (Å²) < 4.78 is 18.4. The van der Waals surface area contributed by atoms with Crippen molar-refractivity contribution in [2.75, 3.05) is 13.2 Å². The summed E-state index contributed by atoms with van der Waals surface area (Å²) in [5, 5.41) is 23.5. The van der Waals surface area contributed by atoms with Crippen molar-refractivity contribution in [3.8, 4) is 0 Å². The second kappa shape index (κ2) is 5.74. The lowest BCUT2D eigenvalue weighted by molar-refractivity contribution is -0.385. The summed E-state index contributed by atoms with van der Waals surface area (Å²) in [4.78, 5) is 22.1. The van der Waals surface area contributed by atoms with Crippen molar-refractivity contribution in [1.82, 2.24) is 5.32 Å². The molecule has 114 valence electrons. The summed E-state index contributed by atoms with van der Waals surface area (Å²) in [5.74, 6) is -1.56. The van der Waals surface area contributed by atoms with E-state index in [1.54, 1.807) is 6.92 Å². The van der Waals surface area contributed by atoms with Gasteiger partial charge in [0.1, 0.15) is 17.0 Å². The number of carbonyl (C=O) groups is 1. The van der Waals surface area contributed by atoms with Gasteiger partial charge < -0.3 is 15.2 Å². The lowest BCUT2D eigenvalue weighted by atomic mass is 9.96. The molecule has 0 spiro atoms. The number of nitro benzene ring substituents is 1. The van der Waals surface area contributed by atoms with E-state index in [1.165, 1.54) is 0 Å². The molecule has 7 nitrogen and oxygen atoms in total. The predicted octanol–water partition coefficient (Wildman–Crippen LogP) is 1.00. The monoisotopic (exact) mass is 298 g/mol. The number of nitro groups is 1. The first kappa shape index (κ1) is 15.3. The Kier molecular flexibility index (Phi) is 4.19. The zero-order valence-corrected chi connectivity index (χ0v) is 11.3. The van der Waals surface area contributed by atoms with Crippen LogP contribution in [0.1, 0.15) is 23.7 Å². The van der Waals surface area contributed by atoms with E-state index < -0.39 is 34.0 Å². The minimum Gasteiger partial charge on any atom is -0.385 e. The van der Waals surface area contributed by atoms with Gasteiger partial charge in [-0.05, 0) is 19.1 Å². The minimum absolute atomic E-state index is 0.124. The summed E-state index contributed by atoms with van der Waals surface area (Å²) in [7, 11) is 0. The normalized spacial score (nSPS) is 24.8. The van der Waals surface area contributed by atoms with Gasteiger partial charge in [0.25, 0.3) is 11.6 Å². The summed E-state index contributed by atoms with van der Waals surface area (Å²) in [6, 6.07) is 2.64. The molecule has 2 unspecified atom stereocenters. The highest BCUT2D eigenvalue weighted by atomic mass is 19.1. The van der Waals surface area contributed by atoms with Crippen molar-refractivity contribution < 1.29 is 24.0 Å². The van der Waals surface area contributed by atoms with E-state index in [0.717, 1.165) is 18.2 Å². The maximum Gasteiger partial charge on any atom is 0.282 e. The fraction of sp³-hybridized carbons (Fsp3) is 0.462. The third kappa shape index (κ3) is 3.17. The van der Waals surface area contributed by atoms with E-state index in [-0.39, 0.29) is 12.1 Å². The number of ether oxygens (including phenoxy) is 1. The Morgan fingerprint density at radius 1 is 1.67 bits per heavy atom. The maximum atomic E-state index is 13.2. The van der Waals surface area contributed by atoms with Gasteiger partial charge in [-0.3, -0.25) is 14.9 Å². The molecule has 0 aromatic heterocycles. The van der Waals surface area contributed by atoms with Crippen LogP contribution in [0.4, 0.5) is 10.1 Å². The van der Waals surface area contributed by atoms with Crippen LogP contribution in [0.15, 0.2) is 18.2 Å². The Morgan fingerprint density at radius 2 is 2.38 bits per heavy atom. The van der Waals surface area contributed by atoms with E-state index in [9.17, 15) is 24.4 Å². The number of carbonyl (C=O) groups excluding carboxylic acids is 1. The minimum atomic E-state index is -1.22. The highest BCUT2D eigenvalue weighted by Gasteiger charge is 2.40. The van der Waals surface area contributed by atoms with E-state index in [2.05, 4.69) is 5.32 Å². The van der Waals surface area contributed by atoms with Crippen molar-refractivity contribution in [2.45, 2.75) is 25.0 Å². The van der Waals surface area contributed by atoms with Crippen molar-refractivity contribution in [3.05, 3.63) is 39.7 Å². The van der Waals surface area contributed by atoms with Gasteiger partial charge in [0.2, 0.25) is 0 Å². The first-order valence-corrected chi connectivity index (χ1v) is 6.39. The van der Waals surface area contributed by atoms with Gasteiger partial charge in [-0.2, -0.15) is 0 Å². The lowest BCUT2D eigenvalue weighted by Gasteiger charge is -2.26. The molecule has 0 saturated carbocycles. The molecule has 2 rings (SSSR count). The van der Waals surface area contributed by atoms with Crippen molar-refractivity contribution in [1.29, 1.82) is 0 Å². The summed E-state index contributed by atoms with van der Waals surface area (Å²) in [6.45, 7) is 1.91. The van der Waals surface area contributed by atoms with E-state index in [0.29, 0.717) is 13.0 Å². The van der Waals surface area contributed by atoms with Gasteiger partial charge in [0, 0.05) is 25.6 Å². The highest BCUT2D eigenvalue weighted by Crippen LogP contribution is 2.25. The Bertz CT molecular complexity index is 580. The molecule has 1 aromatic carbocycles. The molecule has 0 aliphatic carbocycles. The quantitative estimate of drug-likeness (QED) is 0.638. The number of nitrogens with zero attached hydrogens (tertiary/aromatic N) is 1. The highest BCUT2D eigenvalue weighted by molar-refractivity contribution is 5.98.